The Morgan fingerprint density at radius 3 is 2.55 bits per heavy atom. The summed E-state index contributed by atoms with van der Waals surface area (Å²) in [6, 6.07) is 4.20. The minimum Gasteiger partial charge on any atom is -0.487 e. The van der Waals surface area contributed by atoms with Crippen LogP contribution in [0.25, 0.3) is 0 Å². The van der Waals surface area contributed by atoms with E-state index in [9.17, 15) is 14.9 Å². The number of likely N-dealkylation sites (tertiary alicyclic amines) is 1. The van der Waals surface area contributed by atoms with Gasteiger partial charge in [0, 0.05) is 12.1 Å². The summed E-state index contributed by atoms with van der Waals surface area (Å²) in [5, 5.41) is 10.7. The molecule has 8 heteroatoms. The molecule has 0 bridgehead atoms. The lowest BCUT2D eigenvalue weighted by Crippen LogP contribution is -2.57. The van der Waals surface area contributed by atoms with Crippen LogP contribution in [-0.2, 0) is 4.74 Å². The Morgan fingerprint density at radius 1 is 1.41 bits per heavy atom. The number of nitrogens with zero attached hydrogens (tertiary/aromatic N) is 2. The lowest BCUT2D eigenvalue weighted by Gasteiger charge is -2.39. The van der Waals surface area contributed by atoms with Gasteiger partial charge in [0.05, 0.1) is 18.0 Å². The Balaban J connectivity index is 1.87. The minimum absolute atomic E-state index is 0.0471. The fraction of sp³-hybridized carbons (Fsp3) is 0.500. The molecule has 1 amide bonds. The van der Waals surface area contributed by atoms with Gasteiger partial charge in [-0.25, -0.2) is 4.79 Å². The van der Waals surface area contributed by atoms with Crippen molar-refractivity contribution in [1.29, 1.82) is 0 Å². The Labute approximate surface area is 127 Å². The number of nitro benzene ring substituents is 1. The van der Waals surface area contributed by atoms with Crippen LogP contribution >= 0.6 is 0 Å². The van der Waals surface area contributed by atoms with Gasteiger partial charge < -0.3 is 20.1 Å². The van der Waals surface area contributed by atoms with E-state index in [-0.39, 0.29) is 23.6 Å². The van der Waals surface area contributed by atoms with Crippen molar-refractivity contribution in [2.24, 2.45) is 0 Å². The maximum atomic E-state index is 11.8. The van der Waals surface area contributed by atoms with Gasteiger partial charge in [-0.05, 0) is 26.8 Å². The van der Waals surface area contributed by atoms with E-state index in [2.05, 4.69) is 0 Å². The monoisotopic (exact) mass is 309 g/mol. The summed E-state index contributed by atoms with van der Waals surface area (Å²) in [5.74, 6) is 0.442. The van der Waals surface area contributed by atoms with Crippen LogP contribution in [0.3, 0.4) is 0 Å². The van der Waals surface area contributed by atoms with Gasteiger partial charge in [0.15, 0.2) is 0 Å². The molecule has 120 valence electrons. The first-order valence-electron chi connectivity index (χ1n) is 6.84. The molecule has 22 heavy (non-hydrogen) atoms. The second-order valence-electron chi connectivity index (χ2n) is 6.10. The molecular weight excluding hydrogens is 290 g/mol. The molecule has 0 aromatic heterocycles. The maximum absolute atomic E-state index is 11.8. The lowest BCUT2D eigenvalue weighted by atomic mass is 10.1. The number of anilines is 1. The summed E-state index contributed by atoms with van der Waals surface area (Å²) in [6.45, 7) is 6.23. The van der Waals surface area contributed by atoms with Gasteiger partial charge in [0.1, 0.15) is 23.1 Å². The summed E-state index contributed by atoms with van der Waals surface area (Å²) in [4.78, 5) is 23.4. The number of hydrogen-bond donors (Lipinski definition) is 1. The summed E-state index contributed by atoms with van der Waals surface area (Å²) in [6.07, 6.45) is -0.552. The van der Waals surface area contributed by atoms with Crippen LogP contribution in [0.2, 0.25) is 0 Å². The molecule has 1 aromatic carbocycles. The Hall–Kier alpha value is -2.51. The quantitative estimate of drug-likeness (QED) is 0.521. The zero-order chi connectivity index (χ0) is 16.5. The summed E-state index contributed by atoms with van der Waals surface area (Å²) in [5.41, 5.74) is 4.96. The number of hydrogen-bond acceptors (Lipinski definition) is 6. The number of carbonyl (C=O) groups is 1. The van der Waals surface area contributed by atoms with Crippen LogP contribution in [0.5, 0.6) is 5.75 Å². The molecule has 1 fully saturated rings. The van der Waals surface area contributed by atoms with Crippen LogP contribution < -0.4 is 10.5 Å². The number of carbonyl (C=O) groups excluding carboxylic acids is 1. The first-order valence-corrected chi connectivity index (χ1v) is 6.84. The van der Waals surface area contributed by atoms with E-state index in [0.717, 1.165) is 0 Å². The molecule has 0 spiro atoms. The number of nitro groups is 1. The third-order valence-electron chi connectivity index (χ3n) is 3.00. The van der Waals surface area contributed by atoms with E-state index in [0.29, 0.717) is 18.8 Å². The first-order chi connectivity index (χ1) is 10.2. The topological polar surface area (TPSA) is 108 Å². The Kier molecular flexibility index (Phi) is 4.11. The van der Waals surface area contributed by atoms with Crippen molar-refractivity contribution in [3.8, 4) is 5.75 Å². The molecule has 0 atom stereocenters. The average molecular weight is 309 g/mol. The number of ether oxygens (including phenoxy) is 2. The largest absolute Gasteiger partial charge is 0.487 e. The van der Waals surface area contributed by atoms with Crippen LogP contribution in [0.1, 0.15) is 20.8 Å². The van der Waals surface area contributed by atoms with Gasteiger partial charge in [0.2, 0.25) is 0 Å². The zero-order valence-corrected chi connectivity index (χ0v) is 12.7. The highest BCUT2D eigenvalue weighted by Gasteiger charge is 2.35. The van der Waals surface area contributed by atoms with E-state index in [1.807, 2.05) is 0 Å². The molecule has 8 nitrogen and oxygen atoms in total. The normalized spacial score (nSPS) is 15.1. The van der Waals surface area contributed by atoms with Crippen molar-refractivity contribution in [2.45, 2.75) is 32.5 Å². The van der Waals surface area contributed by atoms with Crippen molar-refractivity contribution in [1.82, 2.24) is 4.90 Å². The third-order valence-corrected chi connectivity index (χ3v) is 3.00. The molecule has 0 saturated carbocycles. The number of amides is 1. The number of nitrogens with two attached hydrogens (primary N) is 1. The predicted octanol–water partition coefficient (Wildman–Crippen LogP) is 2.18. The van der Waals surface area contributed by atoms with Gasteiger partial charge in [0.25, 0.3) is 5.69 Å². The van der Waals surface area contributed by atoms with E-state index < -0.39 is 10.5 Å². The molecule has 0 radical (unpaired) electrons. The zero-order valence-electron chi connectivity index (χ0n) is 12.7. The second kappa shape index (κ2) is 5.70. The van der Waals surface area contributed by atoms with E-state index in [4.69, 9.17) is 15.2 Å². The molecule has 1 aliphatic heterocycles. The highest BCUT2D eigenvalue weighted by molar-refractivity contribution is 5.69. The van der Waals surface area contributed by atoms with Gasteiger partial charge in [-0.15, -0.1) is 0 Å². The predicted molar refractivity (Wildman–Crippen MR) is 79.7 cm³/mol. The molecule has 2 N–H and O–H groups in total. The van der Waals surface area contributed by atoms with Crippen LogP contribution in [0, 0.1) is 10.1 Å². The highest BCUT2D eigenvalue weighted by Crippen LogP contribution is 2.28. The smallest absolute Gasteiger partial charge is 0.410 e. The molecular formula is C14H19N3O5. The molecule has 0 unspecified atom stereocenters. The molecule has 1 aliphatic rings. The first kappa shape index (κ1) is 15.9. The van der Waals surface area contributed by atoms with Gasteiger partial charge >= 0.3 is 6.09 Å². The second-order valence-corrected chi connectivity index (χ2v) is 6.10. The molecule has 1 heterocycles. The fourth-order valence-corrected chi connectivity index (χ4v) is 1.95. The molecule has 1 saturated heterocycles. The van der Waals surface area contributed by atoms with Crippen molar-refractivity contribution in [3.63, 3.8) is 0 Å². The number of nitrogen functional groups attached to an aromatic ring is 1. The fourth-order valence-electron chi connectivity index (χ4n) is 1.95. The van der Waals surface area contributed by atoms with Gasteiger partial charge in [-0.3, -0.25) is 10.1 Å². The summed E-state index contributed by atoms with van der Waals surface area (Å²) in [7, 11) is 0. The average Bonchev–Trinajstić information content (AvgIpc) is 2.30. The highest BCUT2D eigenvalue weighted by atomic mass is 16.6. The van der Waals surface area contributed by atoms with Crippen molar-refractivity contribution in [3.05, 3.63) is 28.3 Å². The summed E-state index contributed by atoms with van der Waals surface area (Å²) < 4.78 is 10.9. The van der Waals surface area contributed by atoms with Crippen molar-refractivity contribution >= 4 is 17.5 Å². The molecule has 1 aromatic rings. The summed E-state index contributed by atoms with van der Waals surface area (Å²) >= 11 is 0. The van der Waals surface area contributed by atoms with Crippen LogP contribution in [0.4, 0.5) is 16.2 Å². The van der Waals surface area contributed by atoms with Crippen molar-refractivity contribution < 1.29 is 19.2 Å². The SMILES string of the molecule is CC(C)(C)OC(=O)N1CC(Oc2ccc([N+](=O)[O-])c(N)c2)C1. The minimum atomic E-state index is -0.549. The van der Waals surface area contributed by atoms with Crippen LogP contribution in [0.15, 0.2) is 18.2 Å². The maximum Gasteiger partial charge on any atom is 0.410 e. The van der Waals surface area contributed by atoms with Gasteiger partial charge in [-0.2, -0.15) is 0 Å². The lowest BCUT2D eigenvalue weighted by molar-refractivity contribution is -0.383. The standard InChI is InChI=1S/C14H19N3O5/c1-14(2,3)22-13(18)16-7-10(8-16)21-9-4-5-12(17(19)20)11(15)6-9/h4-6,10H,7-8,15H2,1-3H3. The molecule has 2 rings (SSSR count). The number of rotatable bonds is 3. The van der Waals surface area contributed by atoms with Gasteiger partial charge in [-0.1, -0.05) is 0 Å². The van der Waals surface area contributed by atoms with E-state index >= 15 is 0 Å². The van der Waals surface area contributed by atoms with E-state index in [1.165, 1.54) is 23.1 Å². The Morgan fingerprint density at radius 2 is 2.05 bits per heavy atom. The van der Waals surface area contributed by atoms with Crippen molar-refractivity contribution in [2.75, 3.05) is 18.8 Å². The number of benzene rings is 1. The Bertz CT molecular complexity index is 591. The molecule has 0 aliphatic carbocycles. The van der Waals surface area contributed by atoms with E-state index in [1.54, 1.807) is 20.8 Å². The van der Waals surface area contributed by atoms with Crippen LogP contribution in [-0.4, -0.2) is 40.7 Å². The third kappa shape index (κ3) is 3.78.